The largest absolute Gasteiger partial charge is 0.330 e. The minimum atomic E-state index is 0.439. The first-order chi connectivity index (χ1) is 15.4. The van der Waals surface area contributed by atoms with E-state index in [0.29, 0.717) is 34.1 Å². The van der Waals surface area contributed by atoms with Crippen LogP contribution in [0.5, 0.6) is 0 Å². The predicted molar refractivity (Wildman–Crippen MR) is 135 cm³/mol. The van der Waals surface area contributed by atoms with Gasteiger partial charge in [0.25, 0.3) is 0 Å². The zero-order chi connectivity index (χ0) is 22.7. The number of anilines is 2. The molecule has 0 aliphatic heterocycles. The molecule has 32 heavy (non-hydrogen) atoms. The molecule has 0 bridgehead atoms. The second-order valence-corrected chi connectivity index (χ2v) is 8.75. The molecule has 0 aliphatic carbocycles. The molecule has 0 radical (unpaired) electrons. The van der Waals surface area contributed by atoms with Crippen molar-refractivity contribution in [1.82, 2.24) is 19.6 Å². The number of thiocarbonyl (C=S) groups is 1. The van der Waals surface area contributed by atoms with Crippen LogP contribution in [0.15, 0.2) is 60.9 Å². The fourth-order valence-corrected chi connectivity index (χ4v) is 3.99. The highest BCUT2D eigenvalue weighted by molar-refractivity contribution is 7.80. The van der Waals surface area contributed by atoms with Crippen molar-refractivity contribution in [2.24, 2.45) is 0 Å². The molecule has 2 aromatic carbocycles. The zero-order valence-corrected chi connectivity index (χ0v) is 20.0. The van der Waals surface area contributed by atoms with E-state index in [-0.39, 0.29) is 0 Å². The molecular weight excluding hydrogens is 463 g/mol. The molecule has 2 N–H and O–H groups in total. The van der Waals surface area contributed by atoms with E-state index < -0.39 is 0 Å². The van der Waals surface area contributed by atoms with Crippen molar-refractivity contribution < 1.29 is 0 Å². The maximum Gasteiger partial charge on any atom is 0.176 e. The summed E-state index contributed by atoms with van der Waals surface area (Å²) in [6.45, 7) is 5.31. The Morgan fingerprint density at radius 2 is 1.81 bits per heavy atom. The number of rotatable bonds is 6. The van der Waals surface area contributed by atoms with Gasteiger partial charge in [0.1, 0.15) is 0 Å². The third-order valence-corrected chi connectivity index (χ3v) is 5.83. The first kappa shape index (κ1) is 22.3. The summed E-state index contributed by atoms with van der Waals surface area (Å²) in [5.74, 6) is 0.650. The van der Waals surface area contributed by atoms with Crippen LogP contribution in [0.3, 0.4) is 0 Å². The van der Waals surface area contributed by atoms with E-state index in [1.165, 1.54) is 11.1 Å². The Morgan fingerprint density at radius 1 is 1.00 bits per heavy atom. The average molecular weight is 485 g/mol. The molecule has 6 nitrogen and oxygen atoms in total. The summed E-state index contributed by atoms with van der Waals surface area (Å²) in [7, 11) is 0. The van der Waals surface area contributed by atoms with Crippen LogP contribution in [0.4, 0.5) is 11.5 Å². The summed E-state index contributed by atoms with van der Waals surface area (Å²) in [6.07, 6.45) is 3.67. The van der Waals surface area contributed by atoms with E-state index in [2.05, 4.69) is 39.9 Å². The van der Waals surface area contributed by atoms with Crippen molar-refractivity contribution in [3.63, 3.8) is 0 Å². The number of hydrogen-bond donors (Lipinski definition) is 2. The summed E-state index contributed by atoms with van der Waals surface area (Å²) in [6, 6.07) is 15.6. The van der Waals surface area contributed by atoms with Gasteiger partial charge in [-0.15, -0.1) is 0 Å². The predicted octanol–water partition coefficient (Wildman–Crippen LogP) is 5.91. The normalized spacial score (nSPS) is 10.9. The summed E-state index contributed by atoms with van der Waals surface area (Å²) in [5, 5.41) is 16.9. The van der Waals surface area contributed by atoms with Crippen LogP contribution in [0, 0.1) is 13.8 Å². The van der Waals surface area contributed by atoms with Gasteiger partial charge >= 0.3 is 0 Å². The Hall–Kier alpha value is -2.87. The zero-order valence-electron chi connectivity index (χ0n) is 17.6. The first-order valence-corrected chi connectivity index (χ1v) is 11.2. The molecule has 4 rings (SSSR count). The molecule has 2 heterocycles. The van der Waals surface area contributed by atoms with Crippen LogP contribution in [0.25, 0.3) is 0 Å². The maximum atomic E-state index is 6.29. The van der Waals surface area contributed by atoms with Gasteiger partial charge in [-0.3, -0.25) is 9.36 Å². The van der Waals surface area contributed by atoms with Crippen LogP contribution in [0.1, 0.15) is 22.4 Å². The summed E-state index contributed by atoms with van der Waals surface area (Å²) >= 11 is 17.7. The Labute approximate surface area is 202 Å². The minimum absolute atomic E-state index is 0.439. The molecule has 0 spiro atoms. The molecular formula is C23H22Cl2N6S. The smallest absolute Gasteiger partial charge is 0.176 e. The van der Waals surface area contributed by atoms with E-state index in [1.54, 1.807) is 12.3 Å². The molecule has 4 aromatic rings. The quantitative estimate of drug-likeness (QED) is 0.333. The van der Waals surface area contributed by atoms with Gasteiger partial charge in [-0.25, -0.2) is 0 Å². The van der Waals surface area contributed by atoms with E-state index in [0.717, 1.165) is 16.9 Å². The van der Waals surface area contributed by atoms with Gasteiger partial charge in [-0.1, -0.05) is 53.5 Å². The molecule has 0 amide bonds. The summed E-state index contributed by atoms with van der Waals surface area (Å²) < 4.78 is 3.74. The van der Waals surface area contributed by atoms with Crippen LogP contribution >= 0.6 is 35.4 Å². The van der Waals surface area contributed by atoms with Gasteiger partial charge in [-0.2, -0.15) is 10.2 Å². The Kier molecular flexibility index (Phi) is 6.79. The molecule has 0 saturated carbocycles. The van der Waals surface area contributed by atoms with Crippen molar-refractivity contribution in [3.8, 4) is 0 Å². The lowest BCUT2D eigenvalue weighted by Crippen LogP contribution is -2.19. The van der Waals surface area contributed by atoms with Crippen molar-refractivity contribution in [2.75, 3.05) is 10.6 Å². The lowest BCUT2D eigenvalue weighted by atomic mass is 10.1. The van der Waals surface area contributed by atoms with Crippen molar-refractivity contribution >= 4 is 52.0 Å². The average Bonchev–Trinajstić information content (AvgIpc) is 3.31. The SMILES string of the molecule is Cc1ccccc1Cn1cc(NC(=S)Nc2cc(C)n(Cc3ccc(Cl)cc3Cl)n2)cn1. The van der Waals surface area contributed by atoms with E-state index in [9.17, 15) is 0 Å². The molecule has 9 heteroatoms. The number of nitrogens with one attached hydrogen (secondary N) is 2. The topological polar surface area (TPSA) is 59.7 Å². The Morgan fingerprint density at radius 3 is 2.59 bits per heavy atom. The van der Waals surface area contributed by atoms with Crippen molar-refractivity contribution in [1.29, 1.82) is 0 Å². The van der Waals surface area contributed by atoms with Gasteiger partial charge in [0.05, 0.1) is 25.0 Å². The second kappa shape index (κ2) is 9.73. The number of aryl methyl sites for hydroxylation is 2. The highest BCUT2D eigenvalue weighted by Gasteiger charge is 2.10. The fourth-order valence-electron chi connectivity index (χ4n) is 3.30. The van der Waals surface area contributed by atoms with Gasteiger partial charge < -0.3 is 10.6 Å². The highest BCUT2D eigenvalue weighted by Crippen LogP contribution is 2.22. The minimum Gasteiger partial charge on any atom is -0.330 e. The molecule has 0 unspecified atom stereocenters. The molecule has 164 valence electrons. The van der Waals surface area contributed by atoms with Crippen LogP contribution in [-0.4, -0.2) is 24.7 Å². The van der Waals surface area contributed by atoms with Crippen LogP contribution < -0.4 is 10.6 Å². The van der Waals surface area contributed by atoms with Crippen molar-refractivity contribution in [3.05, 3.63) is 93.4 Å². The molecule has 0 saturated heterocycles. The number of benzene rings is 2. The second-order valence-electron chi connectivity index (χ2n) is 7.50. The van der Waals surface area contributed by atoms with E-state index >= 15 is 0 Å². The summed E-state index contributed by atoms with van der Waals surface area (Å²) in [5.41, 5.74) is 5.19. The molecule has 2 aromatic heterocycles. The van der Waals surface area contributed by atoms with Crippen LogP contribution in [-0.2, 0) is 13.1 Å². The Bertz CT molecular complexity index is 1260. The summed E-state index contributed by atoms with van der Waals surface area (Å²) in [4.78, 5) is 0. The lowest BCUT2D eigenvalue weighted by Gasteiger charge is -2.08. The van der Waals surface area contributed by atoms with E-state index in [1.807, 2.05) is 52.8 Å². The number of nitrogens with zero attached hydrogens (tertiary/aromatic N) is 4. The Balaban J connectivity index is 1.37. The van der Waals surface area contributed by atoms with Gasteiger partial charge in [0.2, 0.25) is 0 Å². The van der Waals surface area contributed by atoms with Crippen LogP contribution in [0.2, 0.25) is 10.0 Å². The molecule has 0 atom stereocenters. The number of hydrogen-bond acceptors (Lipinski definition) is 3. The first-order valence-electron chi connectivity index (χ1n) is 10.0. The number of aromatic nitrogens is 4. The number of halogens is 2. The van der Waals surface area contributed by atoms with Gasteiger partial charge in [-0.05, 0) is 54.9 Å². The van der Waals surface area contributed by atoms with Gasteiger partial charge in [0.15, 0.2) is 10.9 Å². The van der Waals surface area contributed by atoms with Crippen molar-refractivity contribution in [2.45, 2.75) is 26.9 Å². The molecule has 0 fully saturated rings. The monoisotopic (exact) mass is 484 g/mol. The van der Waals surface area contributed by atoms with Gasteiger partial charge in [0, 0.05) is 28.0 Å². The molecule has 0 aliphatic rings. The third-order valence-electron chi connectivity index (χ3n) is 5.04. The highest BCUT2D eigenvalue weighted by atomic mass is 35.5. The third kappa shape index (κ3) is 5.48. The fraction of sp³-hybridized carbons (Fsp3) is 0.174. The van der Waals surface area contributed by atoms with E-state index in [4.69, 9.17) is 35.4 Å². The lowest BCUT2D eigenvalue weighted by molar-refractivity contribution is 0.668. The standard InChI is InChI=1S/C23H22Cl2N6S/c1-15-5-3-4-6-17(15)12-30-14-20(11-26-30)27-23(32)28-22-9-16(2)31(29-22)13-18-7-8-19(24)10-21(18)25/h3-11,14H,12-13H2,1-2H3,(H2,27,28,29,32). The maximum absolute atomic E-state index is 6.29.